The molecule has 13 heteroatoms. The minimum Gasteiger partial charge on any atom is -0.395 e. The summed E-state index contributed by atoms with van der Waals surface area (Å²) in [6.45, 7) is -1.22. The first kappa shape index (κ1) is 29.2. The Morgan fingerprint density at radius 2 is 1.00 bits per heavy atom. The van der Waals surface area contributed by atoms with Crippen molar-refractivity contribution in [3.8, 4) is 0 Å². The molecule has 30 heavy (non-hydrogen) atoms. The maximum Gasteiger partial charge on any atom is 0.334 e. The van der Waals surface area contributed by atoms with Crippen LogP contribution in [-0.4, -0.2) is 74.6 Å². The van der Waals surface area contributed by atoms with E-state index in [0.29, 0.717) is 10.5 Å². The van der Waals surface area contributed by atoms with Gasteiger partial charge in [-0.1, -0.05) is 38.5 Å². The summed E-state index contributed by atoms with van der Waals surface area (Å²) in [5, 5.41) is 41.7. The average Bonchev–Trinajstić information content (AvgIpc) is 2.70. The van der Waals surface area contributed by atoms with Crippen molar-refractivity contribution in [2.24, 2.45) is 5.41 Å². The SMILES string of the molecule is OCC(CO)(CO)C(O)(SC1CCCCC1)SC1CCCCC1.OP(O)OP(O)O. The van der Waals surface area contributed by atoms with Gasteiger partial charge in [-0.05, 0) is 25.7 Å². The number of hydrogen-bond acceptors (Lipinski definition) is 11. The largest absolute Gasteiger partial charge is 0.395 e. The highest BCUT2D eigenvalue weighted by molar-refractivity contribution is 8.18. The zero-order valence-corrected chi connectivity index (χ0v) is 20.5. The van der Waals surface area contributed by atoms with Gasteiger partial charge in [0.25, 0.3) is 0 Å². The van der Waals surface area contributed by atoms with E-state index in [1.807, 2.05) is 0 Å². The molecule has 0 aromatic heterocycles. The molecule has 0 heterocycles. The van der Waals surface area contributed by atoms with Crippen LogP contribution in [0.5, 0.6) is 0 Å². The monoisotopic (exact) mass is 510 g/mol. The Kier molecular flexibility index (Phi) is 14.8. The highest BCUT2D eigenvalue weighted by Gasteiger charge is 2.53. The first-order valence-corrected chi connectivity index (χ1v) is 14.3. The molecule has 2 saturated carbocycles. The van der Waals surface area contributed by atoms with E-state index in [0.717, 1.165) is 25.7 Å². The van der Waals surface area contributed by atoms with E-state index >= 15 is 0 Å². The molecule has 0 bridgehead atoms. The summed E-state index contributed by atoms with van der Waals surface area (Å²) < 4.78 is 2.26. The van der Waals surface area contributed by atoms with Crippen molar-refractivity contribution in [3.05, 3.63) is 0 Å². The summed E-state index contributed by atoms with van der Waals surface area (Å²) in [6, 6.07) is 0. The van der Waals surface area contributed by atoms with Crippen molar-refractivity contribution in [2.75, 3.05) is 19.8 Å². The van der Waals surface area contributed by atoms with Crippen LogP contribution in [0, 0.1) is 5.41 Å². The molecule has 8 N–H and O–H groups in total. The van der Waals surface area contributed by atoms with Crippen molar-refractivity contribution in [1.29, 1.82) is 0 Å². The molecule has 0 spiro atoms. The summed E-state index contributed by atoms with van der Waals surface area (Å²) in [4.78, 5) is 31.3. The minimum absolute atomic E-state index is 0.342. The van der Waals surface area contributed by atoms with Crippen molar-refractivity contribution < 1.29 is 44.3 Å². The number of thioether (sulfide) groups is 2. The summed E-state index contributed by atoms with van der Waals surface area (Å²) >= 11 is 2.96. The normalized spacial score (nSPS) is 19.8. The minimum atomic E-state index is -2.61. The smallest absolute Gasteiger partial charge is 0.334 e. The van der Waals surface area contributed by atoms with Gasteiger partial charge in [0.1, 0.15) is 0 Å². The molecule has 0 aromatic carbocycles. The molecule has 0 aromatic rings. The molecule has 180 valence electrons. The lowest BCUT2D eigenvalue weighted by atomic mass is 9.91. The van der Waals surface area contributed by atoms with Crippen molar-refractivity contribution >= 4 is 40.7 Å². The Balaban J connectivity index is 0.000000553. The standard InChI is InChI=1S/C17H32O4S2.H4O5P2/c18-11-16(12-19,13-20)17(21,22-14-7-3-1-4-8-14)23-15-9-5-2-6-10-15;1-6(2)5-7(3)4/h14-15,18-21H,1-13H2;1-4H. The molecule has 2 fully saturated rings. The van der Waals surface area contributed by atoms with Gasteiger partial charge in [-0.25, -0.2) is 4.31 Å². The van der Waals surface area contributed by atoms with Gasteiger partial charge in [0, 0.05) is 10.5 Å². The molecule has 0 radical (unpaired) electrons. The van der Waals surface area contributed by atoms with E-state index in [4.69, 9.17) is 19.6 Å². The third-order valence-corrected chi connectivity index (χ3v) is 10.3. The molecule has 0 saturated heterocycles. The summed E-state index contributed by atoms with van der Waals surface area (Å²) in [6.07, 6.45) is 11.4. The summed E-state index contributed by atoms with van der Waals surface area (Å²) in [5.74, 6) is 0. The van der Waals surface area contributed by atoms with Crippen LogP contribution in [0.25, 0.3) is 0 Å². The number of hydrogen-bond donors (Lipinski definition) is 8. The topological polar surface area (TPSA) is 171 Å². The Hall–Kier alpha value is 1.20. The van der Waals surface area contributed by atoms with Gasteiger partial charge in [0.15, 0.2) is 4.27 Å². The predicted octanol–water partition coefficient (Wildman–Crippen LogP) is 2.15. The van der Waals surface area contributed by atoms with Crippen LogP contribution in [0.4, 0.5) is 0 Å². The van der Waals surface area contributed by atoms with Crippen molar-refractivity contribution in [3.63, 3.8) is 0 Å². The molecule has 0 aliphatic heterocycles. The maximum atomic E-state index is 11.5. The second kappa shape index (κ2) is 15.2. The van der Waals surface area contributed by atoms with Crippen LogP contribution in [0.3, 0.4) is 0 Å². The van der Waals surface area contributed by atoms with Gasteiger partial charge in [0.2, 0.25) is 0 Å². The Morgan fingerprint density at radius 3 is 1.23 bits per heavy atom. The molecule has 0 atom stereocenters. The third-order valence-electron chi connectivity index (χ3n) is 5.48. The van der Waals surface area contributed by atoms with Crippen LogP contribution in [-0.2, 0) is 4.31 Å². The molecule has 2 rings (SSSR count). The second-order valence-electron chi connectivity index (χ2n) is 7.68. The fraction of sp³-hybridized carbons (Fsp3) is 1.00. The second-order valence-corrected chi connectivity index (χ2v) is 12.6. The fourth-order valence-electron chi connectivity index (χ4n) is 3.61. The van der Waals surface area contributed by atoms with E-state index < -0.39 is 46.7 Å². The highest BCUT2D eigenvalue weighted by Crippen LogP contribution is 2.54. The molecule has 2 aliphatic carbocycles. The number of rotatable bonds is 10. The first-order chi connectivity index (χ1) is 14.2. The fourth-order valence-corrected chi connectivity index (χ4v) is 8.10. The maximum absolute atomic E-state index is 11.5. The van der Waals surface area contributed by atoms with Crippen molar-refractivity contribution in [2.45, 2.75) is 79.0 Å². The van der Waals surface area contributed by atoms with Crippen LogP contribution in [0.1, 0.15) is 64.2 Å². The van der Waals surface area contributed by atoms with Gasteiger partial charge >= 0.3 is 17.2 Å². The Labute approximate surface area is 189 Å². The number of aliphatic hydroxyl groups is 4. The third kappa shape index (κ3) is 9.59. The van der Waals surface area contributed by atoms with E-state index in [2.05, 4.69) is 4.31 Å². The summed E-state index contributed by atoms with van der Waals surface area (Å²) in [5.41, 5.74) is -1.27. The predicted molar refractivity (Wildman–Crippen MR) is 121 cm³/mol. The Bertz CT molecular complexity index is 413. The summed E-state index contributed by atoms with van der Waals surface area (Å²) in [7, 11) is -5.22. The zero-order valence-electron chi connectivity index (χ0n) is 17.0. The van der Waals surface area contributed by atoms with Gasteiger partial charge < -0.3 is 40.0 Å². The molecule has 9 nitrogen and oxygen atoms in total. The van der Waals surface area contributed by atoms with Crippen molar-refractivity contribution in [1.82, 2.24) is 0 Å². The average molecular weight is 511 g/mol. The van der Waals surface area contributed by atoms with Crippen LogP contribution >= 0.6 is 40.7 Å². The van der Waals surface area contributed by atoms with Gasteiger partial charge in [-0.2, -0.15) is 0 Å². The molecule has 0 unspecified atom stereocenters. The Morgan fingerprint density at radius 1 is 0.667 bits per heavy atom. The van der Waals surface area contributed by atoms with E-state index in [9.17, 15) is 20.4 Å². The van der Waals surface area contributed by atoms with Crippen LogP contribution < -0.4 is 0 Å². The highest BCUT2D eigenvalue weighted by atomic mass is 32.2. The van der Waals surface area contributed by atoms with E-state index in [1.165, 1.54) is 62.0 Å². The lowest BCUT2D eigenvalue weighted by molar-refractivity contribution is -0.0623. The first-order valence-electron chi connectivity index (χ1n) is 10.2. The molecular weight excluding hydrogens is 474 g/mol. The van der Waals surface area contributed by atoms with Gasteiger partial charge in [-0.3, -0.25) is 0 Å². The molecule has 2 aliphatic rings. The van der Waals surface area contributed by atoms with E-state index in [-0.39, 0.29) is 0 Å². The lowest BCUT2D eigenvalue weighted by Crippen LogP contribution is -2.53. The van der Waals surface area contributed by atoms with Crippen LogP contribution in [0.15, 0.2) is 0 Å². The molecule has 0 amide bonds. The molecular formula is C17H36O9P2S2. The van der Waals surface area contributed by atoms with Crippen LogP contribution in [0.2, 0.25) is 0 Å². The van der Waals surface area contributed by atoms with Gasteiger partial charge in [0.05, 0.1) is 25.2 Å². The van der Waals surface area contributed by atoms with E-state index in [1.54, 1.807) is 0 Å². The van der Waals surface area contributed by atoms with Gasteiger partial charge in [-0.15, -0.1) is 23.5 Å². The lowest BCUT2D eigenvalue weighted by Gasteiger charge is -2.46. The zero-order chi connectivity index (χ0) is 22.6. The number of aliphatic hydroxyl groups excluding tert-OH is 3. The quantitative estimate of drug-likeness (QED) is 0.160.